The molecule has 0 saturated carbocycles. The molecule has 0 spiro atoms. The monoisotopic (exact) mass is 997 g/mol. The van der Waals surface area contributed by atoms with E-state index in [9.17, 15) is 0 Å². The Balaban J connectivity index is 0. The Bertz CT molecular complexity index is 1130. The Labute approximate surface area is 341 Å². The SMILES string of the molecule is CCCC[N+](CCCC)(CCCC)CCCC.Clc1cc(Cl)c(OCC#CI)cc1Cl.Clc1cc(Cl)c(OCC#CI)cc1Cl.[Cl-]. The minimum absolute atomic E-state index is 0. The van der Waals surface area contributed by atoms with E-state index in [-0.39, 0.29) is 25.6 Å². The molecule has 0 amide bonds. The zero-order valence-electron chi connectivity index (χ0n) is 26.9. The van der Waals surface area contributed by atoms with Crippen LogP contribution in [-0.2, 0) is 0 Å². The smallest absolute Gasteiger partial charge is 0.149 e. The fourth-order valence-electron chi connectivity index (χ4n) is 4.16. The Hall–Kier alpha value is 0.610. The Morgan fingerprint density at radius 3 is 1.07 bits per heavy atom. The largest absolute Gasteiger partial charge is 1.00 e. The second-order valence-corrected chi connectivity index (χ2v) is 13.7. The summed E-state index contributed by atoms with van der Waals surface area (Å²) in [6.45, 7) is 15.6. The number of unbranched alkanes of at least 4 members (excludes halogenated alkanes) is 4. The van der Waals surface area contributed by atoms with Crippen molar-refractivity contribution in [1.29, 1.82) is 0 Å². The second kappa shape index (κ2) is 30.4. The first-order valence-electron chi connectivity index (χ1n) is 15.1. The van der Waals surface area contributed by atoms with Gasteiger partial charge in [0.05, 0.1) is 56.3 Å². The number of ether oxygens (including phenoxy) is 2. The maximum atomic E-state index is 5.86. The van der Waals surface area contributed by atoms with E-state index in [2.05, 4.69) is 47.4 Å². The van der Waals surface area contributed by atoms with Crippen LogP contribution in [0.2, 0.25) is 30.1 Å². The average Bonchev–Trinajstić information content (AvgIpc) is 3.02. The minimum atomic E-state index is 0. The summed E-state index contributed by atoms with van der Waals surface area (Å²) in [4.78, 5) is 0. The third-order valence-corrected chi connectivity index (χ3v) is 9.42. The van der Waals surface area contributed by atoms with Crippen LogP contribution in [0.1, 0.15) is 79.1 Å². The van der Waals surface area contributed by atoms with Crippen LogP contribution in [0, 0.1) is 19.7 Å². The zero-order chi connectivity index (χ0) is 34.1. The van der Waals surface area contributed by atoms with Crippen molar-refractivity contribution in [3.8, 4) is 31.2 Å². The molecule has 0 aliphatic carbocycles. The van der Waals surface area contributed by atoms with E-state index in [0.29, 0.717) is 41.6 Å². The van der Waals surface area contributed by atoms with Crippen molar-refractivity contribution < 1.29 is 26.4 Å². The molecule has 0 aliphatic heterocycles. The van der Waals surface area contributed by atoms with Crippen LogP contribution < -0.4 is 21.9 Å². The lowest BCUT2D eigenvalue weighted by Crippen LogP contribution is -3.00. The van der Waals surface area contributed by atoms with Gasteiger partial charge < -0.3 is 26.4 Å². The van der Waals surface area contributed by atoms with E-state index in [1.54, 1.807) is 12.1 Å². The molecule has 0 N–H and O–H groups in total. The third-order valence-electron chi connectivity index (χ3n) is 6.63. The van der Waals surface area contributed by atoms with Gasteiger partial charge in [0.25, 0.3) is 0 Å². The summed E-state index contributed by atoms with van der Waals surface area (Å²) in [5, 5.41) is 2.49. The molecule has 2 rings (SSSR count). The molecular formula is C34H44Cl7I2NO2. The highest BCUT2D eigenvalue weighted by Crippen LogP contribution is 2.34. The van der Waals surface area contributed by atoms with Gasteiger partial charge in [-0.2, -0.15) is 0 Å². The van der Waals surface area contributed by atoms with Gasteiger partial charge in [-0.1, -0.05) is 135 Å². The molecule has 260 valence electrons. The first-order valence-corrected chi connectivity index (χ1v) is 19.5. The number of hydrogen-bond acceptors (Lipinski definition) is 2. The van der Waals surface area contributed by atoms with Gasteiger partial charge in [-0.15, -0.1) is 0 Å². The van der Waals surface area contributed by atoms with Gasteiger partial charge in [0.15, 0.2) is 0 Å². The molecule has 0 atom stereocenters. The van der Waals surface area contributed by atoms with Crippen molar-refractivity contribution in [3.63, 3.8) is 0 Å². The van der Waals surface area contributed by atoms with Gasteiger partial charge in [-0.3, -0.25) is 0 Å². The van der Waals surface area contributed by atoms with Crippen LogP contribution in [0.3, 0.4) is 0 Å². The standard InChI is InChI=1S/C16H36N.2C9H4Cl3IO.ClH/c1-5-9-13-17(14-10-6-2,15-11-7-3)16-12-8-4;2*10-6-4-8(12)9(5-7(6)11)14-3-1-2-13;/h5-16H2,1-4H3;2*4-5H,3H2;1H/q+1;;;/p-1. The second-order valence-electron chi connectivity index (χ2n) is 10.2. The summed E-state index contributed by atoms with van der Waals surface area (Å²) < 4.78 is 17.3. The Kier molecular flexibility index (Phi) is 32.2. The highest BCUT2D eigenvalue weighted by molar-refractivity contribution is 14.1. The summed E-state index contributed by atoms with van der Waals surface area (Å²) in [5.41, 5.74) is 0. The summed E-state index contributed by atoms with van der Waals surface area (Å²) in [6, 6.07) is 6.22. The first-order chi connectivity index (χ1) is 21.5. The predicted octanol–water partition coefficient (Wildman–Crippen LogP) is 10.9. The highest BCUT2D eigenvalue weighted by atomic mass is 127. The van der Waals surface area contributed by atoms with Gasteiger partial charge in [0, 0.05) is 57.3 Å². The molecule has 0 saturated heterocycles. The van der Waals surface area contributed by atoms with Gasteiger partial charge in [-0.05, 0) is 45.7 Å². The number of quaternary nitrogens is 1. The first kappa shape index (κ1) is 48.7. The van der Waals surface area contributed by atoms with Crippen molar-refractivity contribution in [2.24, 2.45) is 0 Å². The molecule has 0 radical (unpaired) electrons. The van der Waals surface area contributed by atoms with E-state index in [1.807, 2.05) is 45.2 Å². The fraction of sp³-hybridized carbons (Fsp3) is 0.529. The Morgan fingerprint density at radius 1 is 0.522 bits per heavy atom. The van der Waals surface area contributed by atoms with Crippen LogP contribution in [0.15, 0.2) is 24.3 Å². The summed E-state index contributed by atoms with van der Waals surface area (Å²) >= 11 is 38.7. The number of nitrogens with zero attached hydrogens (tertiary/aromatic N) is 1. The predicted molar refractivity (Wildman–Crippen MR) is 217 cm³/mol. The molecule has 0 bridgehead atoms. The van der Waals surface area contributed by atoms with Crippen LogP contribution in [0.4, 0.5) is 0 Å². The van der Waals surface area contributed by atoms with E-state index < -0.39 is 0 Å². The number of halogens is 9. The molecule has 0 unspecified atom stereocenters. The van der Waals surface area contributed by atoms with E-state index >= 15 is 0 Å². The maximum Gasteiger partial charge on any atom is 0.149 e. The van der Waals surface area contributed by atoms with Crippen LogP contribution in [-0.4, -0.2) is 43.9 Å². The molecule has 0 aromatic heterocycles. The zero-order valence-corrected chi connectivity index (χ0v) is 36.5. The number of hydrogen-bond donors (Lipinski definition) is 0. The molecule has 0 heterocycles. The van der Waals surface area contributed by atoms with Crippen molar-refractivity contribution >= 4 is 115 Å². The lowest BCUT2D eigenvalue weighted by atomic mass is 10.1. The van der Waals surface area contributed by atoms with Crippen LogP contribution >= 0.6 is 115 Å². The van der Waals surface area contributed by atoms with E-state index in [1.165, 1.54) is 94.2 Å². The molecule has 0 fully saturated rings. The van der Waals surface area contributed by atoms with E-state index in [0.717, 1.165) is 0 Å². The lowest BCUT2D eigenvalue weighted by molar-refractivity contribution is -0.929. The normalized spacial score (nSPS) is 10.0. The van der Waals surface area contributed by atoms with Crippen molar-refractivity contribution in [1.82, 2.24) is 0 Å². The molecular weight excluding hydrogens is 956 g/mol. The molecule has 46 heavy (non-hydrogen) atoms. The van der Waals surface area contributed by atoms with Crippen molar-refractivity contribution in [2.75, 3.05) is 39.4 Å². The lowest BCUT2D eigenvalue weighted by Gasteiger charge is -2.39. The molecule has 2 aromatic carbocycles. The summed E-state index contributed by atoms with van der Waals surface area (Å²) in [6.07, 6.45) is 11.1. The van der Waals surface area contributed by atoms with E-state index in [4.69, 9.17) is 79.1 Å². The van der Waals surface area contributed by atoms with Gasteiger partial charge in [0.1, 0.15) is 24.7 Å². The molecule has 0 aliphatic rings. The Morgan fingerprint density at radius 2 is 0.804 bits per heavy atom. The number of rotatable bonds is 16. The maximum absolute atomic E-state index is 5.86. The topological polar surface area (TPSA) is 18.5 Å². The highest BCUT2D eigenvalue weighted by Gasteiger charge is 2.24. The molecule has 12 heteroatoms. The minimum Gasteiger partial charge on any atom is -1.00 e. The summed E-state index contributed by atoms with van der Waals surface area (Å²) in [5.74, 6) is 6.45. The fourth-order valence-corrected chi connectivity index (χ4v) is 5.65. The quantitative estimate of drug-likeness (QED) is 0.0722. The summed E-state index contributed by atoms with van der Waals surface area (Å²) in [7, 11) is 0. The van der Waals surface area contributed by atoms with Crippen LogP contribution in [0.5, 0.6) is 11.5 Å². The van der Waals surface area contributed by atoms with Gasteiger partial charge in [0.2, 0.25) is 0 Å². The van der Waals surface area contributed by atoms with Crippen molar-refractivity contribution in [2.45, 2.75) is 79.1 Å². The van der Waals surface area contributed by atoms with Gasteiger partial charge >= 0.3 is 0 Å². The van der Waals surface area contributed by atoms with Crippen molar-refractivity contribution in [3.05, 3.63) is 54.4 Å². The molecule has 3 nitrogen and oxygen atoms in total. The number of benzene rings is 2. The average molecular weight is 1000 g/mol. The molecule has 2 aromatic rings. The van der Waals surface area contributed by atoms with Gasteiger partial charge in [-0.25, -0.2) is 0 Å². The third kappa shape index (κ3) is 21.6. The van der Waals surface area contributed by atoms with Crippen LogP contribution in [0.25, 0.3) is 0 Å².